The van der Waals surface area contributed by atoms with Crippen LogP contribution in [0.3, 0.4) is 0 Å². The van der Waals surface area contributed by atoms with Crippen molar-refractivity contribution in [2.24, 2.45) is 0 Å². The molecule has 0 bridgehead atoms. The molecule has 2 heterocycles. The van der Waals surface area contributed by atoms with E-state index in [0.717, 1.165) is 23.0 Å². The first-order chi connectivity index (χ1) is 18.0. The summed E-state index contributed by atoms with van der Waals surface area (Å²) >= 11 is 0. The number of carboxylic acids is 2. The van der Waals surface area contributed by atoms with Gasteiger partial charge in [0.05, 0.1) is 11.6 Å². The van der Waals surface area contributed by atoms with Gasteiger partial charge in [0, 0.05) is 51.8 Å². The van der Waals surface area contributed by atoms with Crippen LogP contribution in [-0.2, 0) is 24.4 Å². The summed E-state index contributed by atoms with van der Waals surface area (Å²) in [6.07, 6.45) is 1.60. The molecule has 1 saturated heterocycles. The van der Waals surface area contributed by atoms with E-state index in [-0.39, 0.29) is 16.4 Å². The lowest BCUT2D eigenvalue weighted by Crippen LogP contribution is -2.48. The highest BCUT2D eigenvalue weighted by Gasteiger charge is 2.45. The second kappa shape index (κ2) is 12.5. The van der Waals surface area contributed by atoms with Gasteiger partial charge in [0.2, 0.25) is 5.91 Å². The van der Waals surface area contributed by atoms with Crippen LogP contribution in [0.2, 0.25) is 0 Å². The number of carbonyl (C=O) groups excluding carboxylic acids is 2. The molecule has 2 N–H and O–H groups in total. The molecule has 0 saturated carbocycles. The highest BCUT2D eigenvalue weighted by molar-refractivity contribution is 7.90. The summed E-state index contributed by atoms with van der Waals surface area (Å²) in [5, 5.41) is 15.6. The van der Waals surface area contributed by atoms with Crippen LogP contribution in [0.4, 0.5) is 0 Å². The number of carboxylic acid groups (broad SMARTS) is 2. The van der Waals surface area contributed by atoms with Crippen molar-refractivity contribution in [2.75, 3.05) is 32.7 Å². The van der Waals surface area contributed by atoms with Crippen LogP contribution in [0, 0.1) is 0 Å². The zero-order chi connectivity index (χ0) is 27.9. The monoisotopic (exact) mass is 543 g/mol. The first-order valence-electron chi connectivity index (χ1n) is 11.9. The molecule has 38 heavy (non-hydrogen) atoms. The molecule has 2 aromatic rings. The number of nitrogens with zero attached hydrogens (tertiary/aromatic N) is 3. The number of benzene rings is 2. The Morgan fingerprint density at radius 2 is 1.45 bits per heavy atom. The fourth-order valence-electron chi connectivity index (χ4n) is 4.34. The van der Waals surface area contributed by atoms with Crippen molar-refractivity contribution in [2.45, 2.75) is 24.3 Å². The van der Waals surface area contributed by atoms with E-state index in [9.17, 15) is 27.6 Å². The molecule has 2 amide bonds. The molecular weight excluding hydrogens is 514 g/mol. The molecule has 2 aromatic carbocycles. The van der Waals surface area contributed by atoms with Crippen molar-refractivity contribution in [3.8, 4) is 0 Å². The lowest BCUT2D eigenvalue weighted by molar-refractivity contribution is -0.134. The van der Waals surface area contributed by atoms with E-state index in [1.54, 1.807) is 25.1 Å². The van der Waals surface area contributed by atoms with Gasteiger partial charge in [-0.05, 0) is 24.1 Å². The molecule has 0 aliphatic carbocycles. The fraction of sp³-hybridized carbons (Fsp3) is 0.308. The van der Waals surface area contributed by atoms with Gasteiger partial charge >= 0.3 is 11.9 Å². The number of carbonyl (C=O) groups is 4. The van der Waals surface area contributed by atoms with Gasteiger partial charge in [-0.1, -0.05) is 42.5 Å². The third-order valence-electron chi connectivity index (χ3n) is 6.23. The second-order valence-corrected chi connectivity index (χ2v) is 10.5. The maximum Gasteiger partial charge on any atom is 0.328 e. The molecule has 11 nitrogen and oxygen atoms in total. The summed E-state index contributed by atoms with van der Waals surface area (Å²) in [6, 6.07) is 15.1. The number of piperazine rings is 1. The SMILES string of the molecule is CC(=O)N1CCN(CCC(c2ccccc2)N2C(=O)c3ccccc3S2(=O)=O)CC1.O=C(O)C=CC(=O)O. The molecule has 12 heteroatoms. The average Bonchev–Trinajstić information content (AvgIpc) is 3.10. The summed E-state index contributed by atoms with van der Waals surface area (Å²) in [7, 11) is -3.90. The smallest absolute Gasteiger partial charge is 0.328 e. The van der Waals surface area contributed by atoms with Crippen LogP contribution < -0.4 is 0 Å². The van der Waals surface area contributed by atoms with Crippen LogP contribution in [0.25, 0.3) is 0 Å². The Morgan fingerprint density at radius 3 is 1.97 bits per heavy atom. The maximum absolute atomic E-state index is 13.2. The molecular formula is C26H29N3O8S. The Balaban J connectivity index is 0.000000436. The summed E-state index contributed by atoms with van der Waals surface area (Å²) in [4.78, 5) is 47.8. The lowest BCUT2D eigenvalue weighted by atomic mass is 10.0. The van der Waals surface area contributed by atoms with E-state index in [2.05, 4.69) is 4.90 Å². The number of hydrogen-bond acceptors (Lipinski definition) is 7. The number of fused-ring (bicyclic) bond motifs is 1. The minimum Gasteiger partial charge on any atom is -0.478 e. The van der Waals surface area contributed by atoms with Crippen molar-refractivity contribution in [1.29, 1.82) is 0 Å². The lowest BCUT2D eigenvalue weighted by Gasteiger charge is -2.35. The number of amides is 2. The van der Waals surface area contributed by atoms with Crippen LogP contribution in [0.15, 0.2) is 71.6 Å². The van der Waals surface area contributed by atoms with Crippen LogP contribution in [0.5, 0.6) is 0 Å². The topological polar surface area (TPSA) is 153 Å². The number of hydrogen-bond donors (Lipinski definition) is 2. The van der Waals surface area contributed by atoms with Gasteiger partial charge in [-0.25, -0.2) is 22.3 Å². The molecule has 2 aliphatic heterocycles. The first kappa shape index (κ1) is 28.5. The Morgan fingerprint density at radius 1 is 0.895 bits per heavy atom. The van der Waals surface area contributed by atoms with E-state index in [0.29, 0.717) is 38.2 Å². The Hall–Kier alpha value is -4.03. The van der Waals surface area contributed by atoms with Crippen molar-refractivity contribution in [3.63, 3.8) is 0 Å². The molecule has 2 aliphatic rings. The summed E-state index contributed by atoms with van der Waals surface area (Å²) < 4.78 is 27.5. The van der Waals surface area contributed by atoms with E-state index in [1.807, 2.05) is 35.2 Å². The zero-order valence-corrected chi connectivity index (χ0v) is 21.6. The minimum absolute atomic E-state index is 0.0725. The first-order valence-corrected chi connectivity index (χ1v) is 13.3. The van der Waals surface area contributed by atoms with Crippen molar-refractivity contribution < 1.29 is 37.8 Å². The zero-order valence-electron chi connectivity index (χ0n) is 20.8. The average molecular weight is 544 g/mol. The predicted octanol–water partition coefficient (Wildman–Crippen LogP) is 1.84. The van der Waals surface area contributed by atoms with Gasteiger partial charge in [0.15, 0.2) is 0 Å². The van der Waals surface area contributed by atoms with E-state index in [4.69, 9.17) is 10.2 Å². The Kier molecular flexibility index (Phi) is 9.37. The van der Waals surface area contributed by atoms with Gasteiger partial charge in [0.25, 0.3) is 15.9 Å². The highest BCUT2D eigenvalue weighted by Crippen LogP contribution is 2.38. The largest absolute Gasteiger partial charge is 0.478 e. The number of sulfonamides is 1. The third kappa shape index (κ3) is 6.84. The van der Waals surface area contributed by atoms with Gasteiger partial charge in [-0.15, -0.1) is 0 Å². The molecule has 0 aromatic heterocycles. The van der Waals surface area contributed by atoms with Crippen molar-refractivity contribution >= 4 is 33.8 Å². The van der Waals surface area contributed by atoms with Crippen molar-refractivity contribution in [1.82, 2.24) is 14.1 Å². The second-order valence-electron chi connectivity index (χ2n) is 8.67. The molecule has 1 atom stereocenters. The van der Waals surface area contributed by atoms with Gasteiger partial charge in [0.1, 0.15) is 4.90 Å². The normalized spacial score (nSPS) is 17.4. The standard InChI is InChI=1S/C22H25N3O4S.C4H4O4/c1-17(26)24-15-13-23(14-16-24)12-11-20(18-7-3-2-4-8-18)25-22(27)19-9-5-6-10-21(19)30(25,28)29;5-3(6)1-2-4(7)8/h2-10,20H,11-16H2,1H3;1-2H,(H,5,6)(H,7,8). The summed E-state index contributed by atoms with van der Waals surface area (Å²) in [6.45, 7) is 5.02. The van der Waals surface area contributed by atoms with Gasteiger partial charge in [-0.2, -0.15) is 0 Å². The van der Waals surface area contributed by atoms with Crippen molar-refractivity contribution in [3.05, 3.63) is 77.9 Å². The number of rotatable bonds is 7. The fourth-order valence-corrected chi connectivity index (χ4v) is 6.11. The Bertz CT molecular complexity index is 1300. The molecule has 202 valence electrons. The molecule has 0 spiro atoms. The van der Waals surface area contributed by atoms with Crippen LogP contribution >= 0.6 is 0 Å². The quantitative estimate of drug-likeness (QED) is 0.498. The summed E-state index contributed by atoms with van der Waals surface area (Å²) in [5.74, 6) is -2.91. The Labute approximate surface area is 220 Å². The predicted molar refractivity (Wildman–Crippen MR) is 137 cm³/mol. The highest BCUT2D eigenvalue weighted by atomic mass is 32.2. The number of aliphatic carboxylic acids is 2. The van der Waals surface area contributed by atoms with Crippen LogP contribution in [0.1, 0.15) is 35.3 Å². The van der Waals surface area contributed by atoms with E-state index in [1.165, 1.54) is 6.07 Å². The van der Waals surface area contributed by atoms with E-state index >= 15 is 0 Å². The minimum atomic E-state index is -3.90. The molecule has 1 unspecified atom stereocenters. The molecule has 4 rings (SSSR count). The maximum atomic E-state index is 13.2. The molecule has 0 radical (unpaired) electrons. The van der Waals surface area contributed by atoms with Gasteiger partial charge < -0.3 is 15.1 Å². The van der Waals surface area contributed by atoms with E-state index < -0.39 is 33.9 Å². The molecule has 1 fully saturated rings. The van der Waals surface area contributed by atoms with Gasteiger partial charge in [-0.3, -0.25) is 14.5 Å². The van der Waals surface area contributed by atoms with Crippen LogP contribution in [-0.4, -0.2) is 89.2 Å². The third-order valence-corrected chi connectivity index (χ3v) is 8.08. The summed E-state index contributed by atoms with van der Waals surface area (Å²) in [5.41, 5.74) is 1.03.